The van der Waals surface area contributed by atoms with E-state index in [2.05, 4.69) is 127 Å². The summed E-state index contributed by atoms with van der Waals surface area (Å²) in [6, 6.07) is 60.3. The molecule has 0 unspecified atom stereocenters. The summed E-state index contributed by atoms with van der Waals surface area (Å²) in [6.07, 6.45) is 12.9. The Balaban J connectivity index is 0.934. The highest BCUT2D eigenvalue weighted by Gasteiger charge is 2.49. The molecule has 0 amide bonds. The van der Waals surface area contributed by atoms with Crippen LogP contribution in [0, 0.1) is 0 Å². The van der Waals surface area contributed by atoms with Crippen LogP contribution in [0.4, 0.5) is 0 Å². The largest absolute Gasteiger partial charge is 0.208 e. The first-order valence-corrected chi connectivity index (χ1v) is 22.2. The van der Waals surface area contributed by atoms with E-state index in [9.17, 15) is 0 Å². The smallest absolute Gasteiger partial charge is 0.164 e. The van der Waals surface area contributed by atoms with Gasteiger partial charge in [0.1, 0.15) is 0 Å². The number of aromatic nitrogens is 3. The second-order valence-electron chi connectivity index (χ2n) is 17.7. The van der Waals surface area contributed by atoms with Crippen LogP contribution < -0.4 is 0 Å². The van der Waals surface area contributed by atoms with Gasteiger partial charge in [-0.3, -0.25) is 0 Å². The second-order valence-corrected chi connectivity index (χ2v) is 17.7. The summed E-state index contributed by atoms with van der Waals surface area (Å²) < 4.78 is 0. The average Bonchev–Trinajstić information content (AvgIpc) is 3.73. The van der Waals surface area contributed by atoms with Crippen molar-refractivity contribution >= 4 is 0 Å². The van der Waals surface area contributed by atoms with E-state index in [1.807, 2.05) is 36.4 Å². The van der Waals surface area contributed by atoms with Gasteiger partial charge in [-0.1, -0.05) is 172 Å². The van der Waals surface area contributed by atoms with Crippen molar-refractivity contribution in [2.45, 2.75) is 75.0 Å². The zero-order chi connectivity index (χ0) is 39.7. The number of rotatable bonds is 5. The summed E-state index contributed by atoms with van der Waals surface area (Å²) in [6.45, 7) is 0. The van der Waals surface area contributed by atoms with E-state index in [0.29, 0.717) is 17.5 Å². The summed E-state index contributed by atoms with van der Waals surface area (Å²) in [5, 5.41) is 0. The average molecular weight is 774 g/mol. The highest BCUT2D eigenvalue weighted by molar-refractivity contribution is 5.91. The van der Waals surface area contributed by atoms with Crippen LogP contribution in [0.25, 0.3) is 78.7 Å². The van der Waals surface area contributed by atoms with Crippen LogP contribution in [0.5, 0.6) is 0 Å². The van der Waals surface area contributed by atoms with E-state index in [0.717, 1.165) is 22.3 Å². The van der Waals surface area contributed by atoms with Crippen molar-refractivity contribution in [1.29, 1.82) is 0 Å². The van der Waals surface area contributed by atoms with Crippen molar-refractivity contribution in [3.05, 3.63) is 186 Å². The van der Waals surface area contributed by atoms with Gasteiger partial charge in [-0.05, 0) is 123 Å². The van der Waals surface area contributed by atoms with Crippen molar-refractivity contribution in [3.8, 4) is 78.7 Å². The third-order valence-corrected chi connectivity index (χ3v) is 14.5. The second kappa shape index (κ2) is 14.1. The molecule has 1 aromatic heterocycles. The summed E-state index contributed by atoms with van der Waals surface area (Å²) in [4.78, 5) is 15.0. The number of benzene rings is 7. The molecule has 12 rings (SSSR count). The van der Waals surface area contributed by atoms with E-state index in [1.165, 1.54) is 103 Å². The monoisotopic (exact) mass is 773 g/mol. The number of hydrogen-bond acceptors (Lipinski definition) is 3. The van der Waals surface area contributed by atoms with Crippen LogP contribution in [0.2, 0.25) is 0 Å². The summed E-state index contributed by atoms with van der Waals surface area (Å²) in [7, 11) is 0. The van der Waals surface area contributed by atoms with Crippen LogP contribution in [-0.2, 0) is 10.8 Å². The van der Waals surface area contributed by atoms with Crippen molar-refractivity contribution in [2.75, 3.05) is 0 Å². The Kier molecular flexibility index (Phi) is 8.34. The van der Waals surface area contributed by atoms with Gasteiger partial charge in [-0.2, -0.15) is 0 Å². The van der Waals surface area contributed by atoms with Gasteiger partial charge in [0.05, 0.1) is 0 Å². The lowest BCUT2D eigenvalue weighted by Crippen LogP contribution is -2.29. The summed E-state index contributed by atoms with van der Waals surface area (Å²) in [5.74, 6) is 2.01. The Morgan fingerprint density at radius 1 is 0.267 bits per heavy atom. The minimum absolute atomic E-state index is 0.0684. The van der Waals surface area contributed by atoms with E-state index in [4.69, 9.17) is 15.0 Å². The van der Waals surface area contributed by atoms with Crippen molar-refractivity contribution < 1.29 is 0 Å². The predicted molar refractivity (Wildman–Crippen MR) is 246 cm³/mol. The van der Waals surface area contributed by atoms with Crippen LogP contribution in [0.3, 0.4) is 0 Å². The fourth-order valence-electron chi connectivity index (χ4n) is 11.7. The van der Waals surface area contributed by atoms with E-state index >= 15 is 0 Å². The minimum Gasteiger partial charge on any atom is -0.208 e. The van der Waals surface area contributed by atoms with Crippen LogP contribution in [0.15, 0.2) is 164 Å². The van der Waals surface area contributed by atoms with Gasteiger partial charge in [-0.25, -0.2) is 15.0 Å². The molecule has 3 nitrogen and oxygen atoms in total. The maximum Gasteiger partial charge on any atom is 0.164 e. The van der Waals surface area contributed by atoms with Gasteiger partial charge >= 0.3 is 0 Å². The van der Waals surface area contributed by atoms with Gasteiger partial charge in [-0.15, -0.1) is 0 Å². The third-order valence-electron chi connectivity index (χ3n) is 14.5. The molecule has 290 valence electrons. The molecule has 4 aliphatic rings. The van der Waals surface area contributed by atoms with Crippen LogP contribution in [-0.4, -0.2) is 15.0 Å². The molecule has 1 heterocycles. The number of fused-ring (bicyclic) bond motifs is 10. The van der Waals surface area contributed by atoms with E-state index < -0.39 is 0 Å². The van der Waals surface area contributed by atoms with Crippen molar-refractivity contribution in [3.63, 3.8) is 0 Å². The predicted octanol–water partition coefficient (Wildman–Crippen LogP) is 14.7. The highest BCUT2D eigenvalue weighted by atomic mass is 15.0. The van der Waals surface area contributed by atoms with Crippen LogP contribution in [0.1, 0.15) is 86.5 Å². The van der Waals surface area contributed by atoms with Gasteiger partial charge in [0.2, 0.25) is 0 Å². The minimum atomic E-state index is 0.0684. The standard InChI is InChI=1S/C57H47N3/c1-5-17-38(18-6-1)53-58-54(39-19-7-2-8-20-39)60-55(59-53)44-24-16-23-42(34-44)40-21-15-22-41(33-40)43-27-28-46-48-37-51-47(36-52(48)57(50(46)35-43)31-13-4-14-32-57)45-25-9-10-26-49(45)56(51)29-11-3-12-30-56/h1-2,5-10,15-28,33-37H,3-4,11-14,29-32H2. The number of nitrogens with zero attached hydrogens (tertiary/aromatic N) is 3. The Bertz CT molecular complexity index is 2880. The molecule has 0 atom stereocenters. The normalized spacial score (nSPS) is 16.6. The van der Waals surface area contributed by atoms with Gasteiger partial charge < -0.3 is 0 Å². The molecule has 3 heteroatoms. The molecular weight excluding hydrogens is 727 g/mol. The summed E-state index contributed by atoms with van der Waals surface area (Å²) >= 11 is 0. The Morgan fingerprint density at radius 3 is 1.23 bits per heavy atom. The fraction of sp³-hybridized carbons (Fsp3) is 0.211. The molecule has 0 saturated heterocycles. The Labute approximate surface area is 353 Å². The molecule has 60 heavy (non-hydrogen) atoms. The Hall–Kier alpha value is -6.45. The fourth-order valence-corrected chi connectivity index (χ4v) is 11.7. The van der Waals surface area contributed by atoms with Gasteiger partial charge in [0.25, 0.3) is 0 Å². The SMILES string of the molecule is c1ccc(-c2nc(-c3ccccc3)nc(-c3cccc(-c4cccc(-c5ccc6c(c5)C5(CCCCC5)c5cc7c(cc5-6)C5(CCCCC5)c5ccccc5-7)c4)c3)n2)cc1. The quantitative estimate of drug-likeness (QED) is 0.175. The molecule has 7 aromatic carbocycles. The molecule has 0 aliphatic heterocycles. The maximum absolute atomic E-state index is 5.02. The summed E-state index contributed by atoms with van der Waals surface area (Å²) in [5.41, 5.74) is 20.3. The first-order valence-electron chi connectivity index (χ1n) is 22.2. The third kappa shape index (κ3) is 5.59. The molecule has 0 radical (unpaired) electrons. The first-order chi connectivity index (χ1) is 29.7. The van der Waals surface area contributed by atoms with E-state index in [-0.39, 0.29) is 10.8 Å². The molecule has 2 spiro atoms. The highest BCUT2D eigenvalue weighted by Crippen LogP contribution is 2.62. The lowest BCUT2D eigenvalue weighted by Gasteiger charge is -2.37. The van der Waals surface area contributed by atoms with Crippen molar-refractivity contribution in [1.82, 2.24) is 15.0 Å². The molecule has 0 bridgehead atoms. The molecule has 0 N–H and O–H groups in total. The van der Waals surface area contributed by atoms with Gasteiger partial charge in [0, 0.05) is 27.5 Å². The van der Waals surface area contributed by atoms with Crippen LogP contribution >= 0.6 is 0 Å². The van der Waals surface area contributed by atoms with Gasteiger partial charge in [0.15, 0.2) is 17.5 Å². The Morgan fingerprint density at radius 2 is 0.667 bits per heavy atom. The molecule has 4 aliphatic carbocycles. The zero-order valence-electron chi connectivity index (χ0n) is 34.0. The molecular formula is C57H47N3. The van der Waals surface area contributed by atoms with Crippen molar-refractivity contribution in [2.24, 2.45) is 0 Å². The maximum atomic E-state index is 5.02. The zero-order valence-corrected chi connectivity index (χ0v) is 34.0. The first kappa shape index (κ1) is 35.5. The molecule has 8 aromatic rings. The molecule has 2 fully saturated rings. The molecule has 2 saturated carbocycles. The number of hydrogen-bond donors (Lipinski definition) is 0. The lowest BCUT2D eigenvalue weighted by atomic mass is 9.66. The topological polar surface area (TPSA) is 38.7 Å². The van der Waals surface area contributed by atoms with E-state index in [1.54, 1.807) is 22.3 Å². The lowest BCUT2D eigenvalue weighted by molar-refractivity contribution is 0.350.